The number of guanidine groups is 1. The number of rotatable bonds is 7. The monoisotopic (exact) mass is 389 g/mol. The third-order valence-electron chi connectivity index (χ3n) is 5.94. The summed E-state index contributed by atoms with van der Waals surface area (Å²) in [5.74, 6) is 2.46. The first-order valence-corrected chi connectivity index (χ1v) is 10.5. The Bertz CT molecular complexity index is 620. The standard InChI is InChI=1S/C22H35N3O3/c1-4-23-21(25(2)15-18-9-12-28-16-18)24-17-22(10-13-27-14-11-22)19-5-7-20(26-3)8-6-19/h5-8,18H,4,9-17H2,1-3H3,(H,23,24). The molecule has 0 aliphatic carbocycles. The summed E-state index contributed by atoms with van der Waals surface area (Å²) in [6.07, 6.45) is 3.11. The second-order valence-corrected chi connectivity index (χ2v) is 7.90. The average Bonchev–Trinajstić information content (AvgIpc) is 3.25. The van der Waals surface area contributed by atoms with Crippen LogP contribution in [0.3, 0.4) is 0 Å². The molecule has 2 heterocycles. The highest BCUT2D eigenvalue weighted by molar-refractivity contribution is 5.79. The van der Waals surface area contributed by atoms with Crippen molar-refractivity contribution in [3.8, 4) is 5.75 Å². The molecule has 28 heavy (non-hydrogen) atoms. The smallest absolute Gasteiger partial charge is 0.193 e. The van der Waals surface area contributed by atoms with E-state index in [1.807, 2.05) is 12.1 Å². The lowest BCUT2D eigenvalue weighted by molar-refractivity contribution is 0.0530. The van der Waals surface area contributed by atoms with Gasteiger partial charge in [-0.1, -0.05) is 12.1 Å². The summed E-state index contributed by atoms with van der Waals surface area (Å²) < 4.78 is 16.5. The highest BCUT2D eigenvalue weighted by atomic mass is 16.5. The zero-order valence-corrected chi connectivity index (χ0v) is 17.6. The lowest BCUT2D eigenvalue weighted by Crippen LogP contribution is -2.43. The van der Waals surface area contributed by atoms with Gasteiger partial charge >= 0.3 is 0 Å². The van der Waals surface area contributed by atoms with Crippen LogP contribution in [0.25, 0.3) is 0 Å². The molecular weight excluding hydrogens is 354 g/mol. The summed E-state index contributed by atoms with van der Waals surface area (Å²) >= 11 is 0. The van der Waals surface area contributed by atoms with E-state index >= 15 is 0 Å². The van der Waals surface area contributed by atoms with Crippen molar-refractivity contribution in [2.24, 2.45) is 10.9 Å². The van der Waals surface area contributed by atoms with Crippen LogP contribution in [-0.2, 0) is 14.9 Å². The lowest BCUT2D eigenvalue weighted by atomic mass is 9.74. The molecule has 0 radical (unpaired) electrons. The van der Waals surface area contributed by atoms with Gasteiger partial charge in [0.2, 0.25) is 0 Å². The molecule has 3 rings (SSSR count). The van der Waals surface area contributed by atoms with Crippen LogP contribution < -0.4 is 10.1 Å². The van der Waals surface area contributed by atoms with E-state index < -0.39 is 0 Å². The topological polar surface area (TPSA) is 55.3 Å². The number of nitrogens with one attached hydrogen (secondary N) is 1. The first-order valence-electron chi connectivity index (χ1n) is 10.5. The molecular formula is C22H35N3O3. The van der Waals surface area contributed by atoms with Gasteiger partial charge in [-0.15, -0.1) is 0 Å². The molecule has 2 fully saturated rings. The quantitative estimate of drug-likeness (QED) is 0.574. The van der Waals surface area contributed by atoms with Crippen LogP contribution in [0, 0.1) is 5.92 Å². The van der Waals surface area contributed by atoms with E-state index in [1.165, 1.54) is 5.56 Å². The van der Waals surface area contributed by atoms with Crippen molar-refractivity contribution in [1.82, 2.24) is 10.2 Å². The Morgan fingerprint density at radius 2 is 1.96 bits per heavy atom. The van der Waals surface area contributed by atoms with Crippen molar-refractivity contribution < 1.29 is 14.2 Å². The molecule has 1 atom stereocenters. The van der Waals surface area contributed by atoms with E-state index in [9.17, 15) is 0 Å². The largest absolute Gasteiger partial charge is 0.497 e. The Hall–Kier alpha value is -1.79. The molecule has 6 nitrogen and oxygen atoms in total. The Morgan fingerprint density at radius 3 is 2.57 bits per heavy atom. The molecule has 0 spiro atoms. The van der Waals surface area contributed by atoms with E-state index in [0.29, 0.717) is 5.92 Å². The molecule has 1 N–H and O–H groups in total. The van der Waals surface area contributed by atoms with Crippen molar-refractivity contribution in [3.63, 3.8) is 0 Å². The minimum atomic E-state index is 0.0164. The normalized spacial score (nSPS) is 22.1. The zero-order valence-electron chi connectivity index (χ0n) is 17.6. The molecule has 2 aliphatic heterocycles. The fourth-order valence-corrected chi connectivity index (χ4v) is 4.14. The van der Waals surface area contributed by atoms with Crippen LogP contribution in [0.15, 0.2) is 29.3 Å². The minimum Gasteiger partial charge on any atom is -0.497 e. The Kier molecular flexibility index (Phi) is 7.57. The molecule has 1 aromatic carbocycles. The molecule has 1 unspecified atom stereocenters. The summed E-state index contributed by atoms with van der Waals surface area (Å²) in [6.45, 7) is 8.03. The molecule has 2 saturated heterocycles. The van der Waals surface area contributed by atoms with Gasteiger partial charge in [0, 0.05) is 51.3 Å². The van der Waals surface area contributed by atoms with Crippen molar-refractivity contribution in [2.75, 3.05) is 60.2 Å². The number of nitrogens with zero attached hydrogens (tertiary/aromatic N) is 2. The third-order valence-corrected chi connectivity index (χ3v) is 5.94. The first-order chi connectivity index (χ1) is 13.7. The highest BCUT2D eigenvalue weighted by Crippen LogP contribution is 2.36. The minimum absolute atomic E-state index is 0.0164. The molecule has 2 aliphatic rings. The number of ether oxygens (including phenoxy) is 3. The van der Waals surface area contributed by atoms with Crippen LogP contribution in [0.5, 0.6) is 5.75 Å². The number of aliphatic imine (C=N–C) groups is 1. The van der Waals surface area contributed by atoms with Gasteiger partial charge in [-0.2, -0.15) is 0 Å². The van der Waals surface area contributed by atoms with Gasteiger partial charge in [0.15, 0.2) is 5.96 Å². The number of methoxy groups -OCH3 is 1. The SMILES string of the molecule is CCNC(=NCC1(c2ccc(OC)cc2)CCOCC1)N(C)CC1CCOC1. The fourth-order valence-electron chi connectivity index (χ4n) is 4.14. The van der Waals surface area contributed by atoms with Crippen LogP contribution >= 0.6 is 0 Å². The van der Waals surface area contributed by atoms with Gasteiger partial charge < -0.3 is 24.4 Å². The number of benzene rings is 1. The van der Waals surface area contributed by atoms with E-state index in [2.05, 4.69) is 36.3 Å². The van der Waals surface area contributed by atoms with E-state index in [1.54, 1.807) is 7.11 Å². The van der Waals surface area contributed by atoms with Gasteiger partial charge in [0.25, 0.3) is 0 Å². The molecule has 0 saturated carbocycles. The van der Waals surface area contributed by atoms with Gasteiger partial charge in [0.05, 0.1) is 20.3 Å². The maximum absolute atomic E-state index is 5.67. The zero-order chi connectivity index (χ0) is 19.8. The molecule has 6 heteroatoms. The molecule has 0 aromatic heterocycles. The Labute approximate surface area is 169 Å². The second-order valence-electron chi connectivity index (χ2n) is 7.90. The maximum atomic E-state index is 5.67. The summed E-state index contributed by atoms with van der Waals surface area (Å²) in [7, 11) is 3.83. The van der Waals surface area contributed by atoms with Crippen molar-refractivity contribution >= 4 is 5.96 Å². The maximum Gasteiger partial charge on any atom is 0.193 e. The van der Waals surface area contributed by atoms with Crippen molar-refractivity contribution in [1.29, 1.82) is 0 Å². The van der Waals surface area contributed by atoms with Crippen molar-refractivity contribution in [2.45, 2.75) is 31.6 Å². The number of hydrogen-bond donors (Lipinski definition) is 1. The van der Waals surface area contributed by atoms with E-state index in [-0.39, 0.29) is 5.41 Å². The second kappa shape index (κ2) is 10.1. The average molecular weight is 390 g/mol. The van der Waals surface area contributed by atoms with Gasteiger partial charge in [0.1, 0.15) is 5.75 Å². The molecule has 0 bridgehead atoms. The fraction of sp³-hybridized carbons (Fsp3) is 0.682. The van der Waals surface area contributed by atoms with Gasteiger partial charge in [-0.25, -0.2) is 0 Å². The van der Waals surface area contributed by atoms with Crippen molar-refractivity contribution in [3.05, 3.63) is 29.8 Å². The Balaban J connectivity index is 1.76. The molecule has 156 valence electrons. The third kappa shape index (κ3) is 5.17. The molecule has 0 amide bonds. The first kappa shape index (κ1) is 20.9. The predicted octanol–water partition coefficient (Wildman–Crippen LogP) is 2.68. The Morgan fingerprint density at radius 1 is 1.21 bits per heavy atom. The highest BCUT2D eigenvalue weighted by Gasteiger charge is 2.34. The summed E-state index contributed by atoms with van der Waals surface area (Å²) in [4.78, 5) is 7.33. The molecule has 1 aromatic rings. The summed E-state index contributed by atoms with van der Waals surface area (Å²) in [6, 6.07) is 8.47. The summed E-state index contributed by atoms with van der Waals surface area (Å²) in [5.41, 5.74) is 1.34. The van der Waals surface area contributed by atoms with Gasteiger partial charge in [-0.05, 0) is 43.9 Å². The van der Waals surface area contributed by atoms with Crippen LogP contribution in [0.2, 0.25) is 0 Å². The number of hydrogen-bond acceptors (Lipinski definition) is 4. The van der Waals surface area contributed by atoms with E-state index in [0.717, 1.165) is 77.0 Å². The summed E-state index contributed by atoms with van der Waals surface area (Å²) in [5, 5.41) is 3.47. The van der Waals surface area contributed by atoms with E-state index in [4.69, 9.17) is 19.2 Å². The van der Waals surface area contributed by atoms with Crippen LogP contribution in [-0.4, -0.2) is 71.1 Å². The van der Waals surface area contributed by atoms with Gasteiger partial charge in [-0.3, -0.25) is 4.99 Å². The lowest BCUT2D eigenvalue weighted by Gasteiger charge is -2.37. The van der Waals surface area contributed by atoms with Crippen LogP contribution in [0.4, 0.5) is 0 Å². The predicted molar refractivity (Wildman–Crippen MR) is 112 cm³/mol. The van der Waals surface area contributed by atoms with Crippen LogP contribution in [0.1, 0.15) is 31.7 Å².